The SMILES string of the molecule is C[C@H]1C[C@]2(CCN1)C(O)CSN2c1cccc(F)c1. The van der Waals surface area contributed by atoms with Gasteiger partial charge in [0.05, 0.1) is 17.3 Å². The summed E-state index contributed by atoms with van der Waals surface area (Å²) in [6, 6.07) is 7.03. The summed E-state index contributed by atoms with van der Waals surface area (Å²) in [5, 5.41) is 13.9. The predicted octanol–water partition coefficient (Wildman–Crippen LogP) is 2.17. The smallest absolute Gasteiger partial charge is 0.125 e. The number of rotatable bonds is 1. The number of piperidine rings is 1. The molecule has 2 saturated heterocycles. The van der Waals surface area contributed by atoms with Crippen LogP contribution in [-0.2, 0) is 0 Å². The van der Waals surface area contributed by atoms with Crippen LogP contribution < -0.4 is 9.62 Å². The number of anilines is 1. The molecule has 1 aromatic rings. The molecule has 0 aliphatic carbocycles. The maximum atomic E-state index is 13.4. The van der Waals surface area contributed by atoms with Crippen molar-refractivity contribution in [1.29, 1.82) is 0 Å². The van der Waals surface area contributed by atoms with Gasteiger partial charge in [-0.15, -0.1) is 0 Å². The summed E-state index contributed by atoms with van der Waals surface area (Å²) in [5.41, 5.74) is 0.596. The van der Waals surface area contributed by atoms with Gasteiger partial charge in [-0.25, -0.2) is 4.39 Å². The summed E-state index contributed by atoms with van der Waals surface area (Å²) in [4.78, 5) is 0. The van der Waals surface area contributed by atoms with Crippen LogP contribution in [0.25, 0.3) is 0 Å². The van der Waals surface area contributed by atoms with Crippen LogP contribution in [0.1, 0.15) is 19.8 Å². The van der Waals surface area contributed by atoms with Crippen molar-refractivity contribution in [3.05, 3.63) is 30.1 Å². The van der Waals surface area contributed by atoms with Gasteiger partial charge in [0.2, 0.25) is 0 Å². The predicted molar refractivity (Wildman–Crippen MR) is 76.8 cm³/mol. The number of hydrogen-bond donors (Lipinski definition) is 2. The zero-order chi connectivity index (χ0) is 13.5. The molecule has 19 heavy (non-hydrogen) atoms. The molecule has 3 nitrogen and oxygen atoms in total. The molecule has 1 unspecified atom stereocenters. The number of aliphatic hydroxyl groups excluding tert-OH is 1. The van der Waals surface area contributed by atoms with E-state index in [0.717, 1.165) is 25.1 Å². The van der Waals surface area contributed by atoms with E-state index in [1.165, 1.54) is 6.07 Å². The fraction of sp³-hybridized carbons (Fsp3) is 0.571. The minimum Gasteiger partial charge on any atom is -0.390 e. The molecule has 0 radical (unpaired) electrons. The average Bonchev–Trinajstić information content (AvgIpc) is 2.67. The van der Waals surface area contributed by atoms with Crippen LogP contribution in [0.2, 0.25) is 0 Å². The number of halogens is 1. The number of nitrogens with zero attached hydrogens (tertiary/aromatic N) is 1. The fourth-order valence-electron chi connectivity index (χ4n) is 3.22. The Bertz CT molecular complexity index is 473. The van der Waals surface area contributed by atoms with Crippen LogP contribution >= 0.6 is 11.9 Å². The van der Waals surface area contributed by atoms with E-state index in [4.69, 9.17) is 0 Å². The molecule has 1 aromatic carbocycles. The molecule has 5 heteroatoms. The second-order valence-corrected chi connectivity index (χ2v) is 6.46. The Kier molecular flexibility index (Phi) is 3.45. The highest BCUT2D eigenvalue weighted by Crippen LogP contribution is 2.46. The van der Waals surface area contributed by atoms with Crippen molar-refractivity contribution < 1.29 is 9.50 Å². The quantitative estimate of drug-likeness (QED) is 0.774. The molecule has 2 aliphatic rings. The van der Waals surface area contributed by atoms with E-state index in [2.05, 4.69) is 16.5 Å². The summed E-state index contributed by atoms with van der Waals surface area (Å²) in [6.07, 6.45) is 1.42. The molecule has 3 atom stereocenters. The molecule has 0 amide bonds. The maximum Gasteiger partial charge on any atom is 0.125 e. The van der Waals surface area contributed by atoms with Gasteiger partial charge in [0, 0.05) is 11.8 Å². The van der Waals surface area contributed by atoms with Crippen LogP contribution in [0.4, 0.5) is 10.1 Å². The summed E-state index contributed by atoms with van der Waals surface area (Å²) in [7, 11) is 0. The molecule has 0 bridgehead atoms. The second-order valence-electron chi connectivity index (χ2n) is 5.50. The number of hydrogen-bond acceptors (Lipinski definition) is 4. The Morgan fingerprint density at radius 1 is 1.53 bits per heavy atom. The lowest BCUT2D eigenvalue weighted by molar-refractivity contribution is 0.0854. The normalized spacial score (nSPS) is 35.0. The highest BCUT2D eigenvalue weighted by atomic mass is 32.2. The van der Waals surface area contributed by atoms with Gasteiger partial charge in [-0.3, -0.25) is 0 Å². The molecular formula is C14H19FN2OS. The van der Waals surface area contributed by atoms with Crippen LogP contribution in [-0.4, -0.2) is 35.1 Å². The van der Waals surface area contributed by atoms with Crippen molar-refractivity contribution in [3.8, 4) is 0 Å². The Hall–Kier alpha value is -0.780. The first-order chi connectivity index (χ1) is 9.12. The van der Waals surface area contributed by atoms with Crippen molar-refractivity contribution in [2.75, 3.05) is 16.6 Å². The lowest BCUT2D eigenvalue weighted by atomic mass is 9.80. The van der Waals surface area contributed by atoms with Gasteiger partial charge in [0.25, 0.3) is 0 Å². The lowest BCUT2D eigenvalue weighted by Gasteiger charge is -2.45. The lowest BCUT2D eigenvalue weighted by Crippen LogP contribution is -2.58. The first-order valence-electron chi connectivity index (χ1n) is 6.72. The van der Waals surface area contributed by atoms with Gasteiger partial charge < -0.3 is 14.7 Å². The van der Waals surface area contributed by atoms with Crippen LogP contribution in [0.5, 0.6) is 0 Å². The highest BCUT2D eigenvalue weighted by molar-refractivity contribution is 8.01. The van der Waals surface area contributed by atoms with E-state index in [1.807, 2.05) is 6.07 Å². The third-order valence-electron chi connectivity index (χ3n) is 4.14. The molecule has 1 spiro atoms. The monoisotopic (exact) mass is 282 g/mol. The van der Waals surface area contributed by atoms with Gasteiger partial charge in [-0.05, 0) is 56.5 Å². The summed E-state index contributed by atoms with van der Waals surface area (Å²) < 4.78 is 15.6. The zero-order valence-electron chi connectivity index (χ0n) is 11.0. The maximum absolute atomic E-state index is 13.4. The molecule has 104 valence electrons. The van der Waals surface area contributed by atoms with Gasteiger partial charge in [0.1, 0.15) is 5.82 Å². The van der Waals surface area contributed by atoms with Crippen molar-refractivity contribution in [2.24, 2.45) is 0 Å². The molecule has 0 aromatic heterocycles. The molecule has 2 N–H and O–H groups in total. The zero-order valence-corrected chi connectivity index (χ0v) is 11.8. The largest absolute Gasteiger partial charge is 0.390 e. The van der Waals surface area contributed by atoms with E-state index in [1.54, 1.807) is 24.1 Å². The van der Waals surface area contributed by atoms with E-state index in [-0.39, 0.29) is 17.5 Å². The number of aliphatic hydroxyl groups is 1. The average molecular weight is 282 g/mol. The molecule has 2 heterocycles. The topological polar surface area (TPSA) is 35.5 Å². The Morgan fingerprint density at radius 3 is 3.11 bits per heavy atom. The van der Waals surface area contributed by atoms with Gasteiger partial charge >= 0.3 is 0 Å². The number of nitrogens with one attached hydrogen (secondary N) is 1. The van der Waals surface area contributed by atoms with Crippen molar-refractivity contribution in [2.45, 2.75) is 37.5 Å². The molecule has 3 rings (SSSR count). The molecule has 2 fully saturated rings. The standard InChI is InChI=1S/C14H19FN2OS/c1-10-8-14(5-6-16-10)13(18)9-19-17(14)12-4-2-3-11(15)7-12/h2-4,7,10,13,16,18H,5-6,8-9H2,1H3/t10-,13?,14+/m0/s1. The van der Waals surface area contributed by atoms with E-state index in [9.17, 15) is 9.50 Å². The Labute approximate surface area is 117 Å². The Balaban J connectivity index is 1.96. The van der Waals surface area contributed by atoms with Crippen molar-refractivity contribution in [3.63, 3.8) is 0 Å². The van der Waals surface area contributed by atoms with Crippen LogP contribution in [0.3, 0.4) is 0 Å². The third-order valence-corrected chi connectivity index (χ3v) is 5.44. The fourth-order valence-corrected chi connectivity index (χ4v) is 4.63. The van der Waals surface area contributed by atoms with Gasteiger partial charge in [0.15, 0.2) is 0 Å². The van der Waals surface area contributed by atoms with E-state index < -0.39 is 0 Å². The first-order valence-corrected chi connectivity index (χ1v) is 7.66. The van der Waals surface area contributed by atoms with E-state index >= 15 is 0 Å². The first kappa shape index (κ1) is 13.2. The number of benzene rings is 1. The summed E-state index contributed by atoms with van der Waals surface area (Å²) in [5.74, 6) is 0.458. The minimum absolute atomic E-state index is 0.225. The minimum atomic E-state index is -0.356. The second kappa shape index (κ2) is 4.96. The van der Waals surface area contributed by atoms with Crippen molar-refractivity contribution >= 4 is 17.6 Å². The van der Waals surface area contributed by atoms with Gasteiger partial charge in [-0.2, -0.15) is 0 Å². The molecule has 2 aliphatic heterocycles. The Morgan fingerprint density at radius 2 is 2.37 bits per heavy atom. The van der Waals surface area contributed by atoms with E-state index in [0.29, 0.717) is 11.8 Å². The van der Waals surface area contributed by atoms with Gasteiger partial charge in [-0.1, -0.05) is 6.07 Å². The molecule has 0 saturated carbocycles. The van der Waals surface area contributed by atoms with Crippen LogP contribution in [0, 0.1) is 5.82 Å². The highest BCUT2D eigenvalue weighted by Gasteiger charge is 2.51. The summed E-state index contributed by atoms with van der Waals surface area (Å²) in [6.45, 7) is 3.03. The van der Waals surface area contributed by atoms with Crippen LogP contribution in [0.15, 0.2) is 24.3 Å². The van der Waals surface area contributed by atoms with Crippen molar-refractivity contribution in [1.82, 2.24) is 5.32 Å². The summed E-state index contributed by atoms with van der Waals surface area (Å²) >= 11 is 1.61. The molecular weight excluding hydrogens is 263 g/mol. The third kappa shape index (κ3) is 2.24.